The lowest BCUT2D eigenvalue weighted by Gasteiger charge is -2.34. The maximum Gasteiger partial charge on any atom is 0.281 e. The van der Waals surface area contributed by atoms with Crippen molar-refractivity contribution in [1.29, 1.82) is 0 Å². The SMILES string of the molecule is CCn1c(C2CCN(S(=O)(=O)N(C)C(C)C)CC2)n[nH]c1=S. The first kappa shape index (κ1) is 17.6. The summed E-state index contributed by atoms with van der Waals surface area (Å²) in [6.45, 7) is 7.61. The van der Waals surface area contributed by atoms with E-state index in [1.54, 1.807) is 11.4 Å². The molecular formula is C13H25N5O2S2. The summed E-state index contributed by atoms with van der Waals surface area (Å²) in [4.78, 5) is 0. The first-order chi connectivity index (χ1) is 10.3. The third kappa shape index (κ3) is 3.27. The molecule has 1 fully saturated rings. The molecule has 0 spiro atoms. The molecule has 0 unspecified atom stereocenters. The summed E-state index contributed by atoms with van der Waals surface area (Å²) < 4.78 is 30.6. The predicted octanol–water partition coefficient (Wildman–Crippen LogP) is 1.72. The highest BCUT2D eigenvalue weighted by molar-refractivity contribution is 7.86. The average Bonchev–Trinajstić information content (AvgIpc) is 2.87. The van der Waals surface area contributed by atoms with Crippen molar-refractivity contribution in [2.75, 3.05) is 20.1 Å². The molecule has 1 N–H and O–H groups in total. The fourth-order valence-electron chi connectivity index (χ4n) is 2.74. The van der Waals surface area contributed by atoms with Gasteiger partial charge < -0.3 is 4.57 Å². The van der Waals surface area contributed by atoms with Gasteiger partial charge in [0.1, 0.15) is 5.82 Å². The van der Waals surface area contributed by atoms with Crippen molar-refractivity contribution in [2.45, 2.75) is 52.1 Å². The molecule has 0 saturated carbocycles. The van der Waals surface area contributed by atoms with Crippen LogP contribution in [0.25, 0.3) is 0 Å². The van der Waals surface area contributed by atoms with E-state index in [9.17, 15) is 8.42 Å². The molecule has 1 aliphatic heterocycles. The molecule has 0 aromatic carbocycles. The van der Waals surface area contributed by atoms with Crippen LogP contribution in [0.15, 0.2) is 0 Å². The molecule has 1 saturated heterocycles. The second kappa shape index (κ2) is 6.77. The maximum atomic E-state index is 12.5. The van der Waals surface area contributed by atoms with E-state index in [0.717, 1.165) is 25.2 Å². The van der Waals surface area contributed by atoms with Crippen molar-refractivity contribution in [1.82, 2.24) is 23.4 Å². The lowest BCUT2D eigenvalue weighted by atomic mass is 9.97. The van der Waals surface area contributed by atoms with Crippen molar-refractivity contribution in [2.24, 2.45) is 0 Å². The Morgan fingerprint density at radius 3 is 2.50 bits per heavy atom. The van der Waals surface area contributed by atoms with E-state index in [-0.39, 0.29) is 12.0 Å². The molecule has 7 nitrogen and oxygen atoms in total. The van der Waals surface area contributed by atoms with Gasteiger partial charge >= 0.3 is 0 Å². The van der Waals surface area contributed by atoms with Gasteiger partial charge in [-0.2, -0.15) is 22.1 Å². The molecule has 126 valence electrons. The molecule has 9 heteroatoms. The Labute approximate surface area is 137 Å². The zero-order valence-corrected chi connectivity index (χ0v) is 15.2. The van der Waals surface area contributed by atoms with E-state index in [4.69, 9.17) is 12.2 Å². The van der Waals surface area contributed by atoms with Gasteiger partial charge in [-0.3, -0.25) is 5.10 Å². The highest BCUT2D eigenvalue weighted by atomic mass is 32.2. The van der Waals surface area contributed by atoms with Gasteiger partial charge in [-0.05, 0) is 45.8 Å². The fraction of sp³-hybridized carbons (Fsp3) is 0.846. The van der Waals surface area contributed by atoms with Gasteiger partial charge in [-0.15, -0.1) is 0 Å². The predicted molar refractivity (Wildman–Crippen MR) is 88.5 cm³/mol. The fourth-order valence-corrected chi connectivity index (χ4v) is 4.58. The zero-order valence-electron chi connectivity index (χ0n) is 13.6. The Hall–Kier alpha value is -0.770. The van der Waals surface area contributed by atoms with Crippen LogP contribution in [0.1, 0.15) is 45.4 Å². The van der Waals surface area contributed by atoms with Crippen LogP contribution in [-0.2, 0) is 16.8 Å². The standard InChI is InChI=1S/C13H25N5O2S2/c1-5-18-12(14-15-13(18)21)11-6-8-17(9-7-11)22(19,20)16(4)10(2)3/h10-11H,5-9H2,1-4H3,(H,15,21). The minimum absolute atomic E-state index is 0.0425. The Kier molecular flexibility index (Phi) is 5.41. The van der Waals surface area contributed by atoms with E-state index < -0.39 is 10.2 Å². The van der Waals surface area contributed by atoms with Crippen molar-refractivity contribution in [3.63, 3.8) is 0 Å². The molecule has 0 aliphatic carbocycles. The highest BCUT2D eigenvalue weighted by Gasteiger charge is 2.33. The summed E-state index contributed by atoms with van der Waals surface area (Å²) in [5.41, 5.74) is 0. The van der Waals surface area contributed by atoms with Crippen LogP contribution >= 0.6 is 12.2 Å². The van der Waals surface area contributed by atoms with E-state index in [2.05, 4.69) is 10.2 Å². The number of nitrogens with zero attached hydrogens (tertiary/aromatic N) is 4. The quantitative estimate of drug-likeness (QED) is 0.823. The van der Waals surface area contributed by atoms with Gasteiger partial charge in [0.05, 0.1) is 0 Å². The summed E-state index contributed by atoms with van der Waals surface area (Å²) in [6.07, 6.45) is 1.54. The molecule has 0 atom stereocenters. The number of hydrogen-bond acceptors (Lipinski definition) is 4. The zero-order chi connectivity index (χ0) is 16.5. The molecule has 0 bridgehead atoms. The number of hydrogen-bond donors (Lipinski definition) is 1. The molecular weight excluding hydrogens is 322 g/mol. The van der Waals surface area contributed by atoms with Crippen molar-refractivity contribution < 1.29 is 8.42 Å². The lowest BCUT2D eigenvalue weighted by Crippen LogP contribution is -2.47. The van der Waals surface area contributed by atoms with Crippen molar-refractivity contribution >= 4 is 22.4 Å². The van der Waals surface area contributed by atoms with Crippen LogP contribution in [0.3, 0.4) is 0 Å². The number of rotatable bonds is 5. The third-order valence-electron chi connectivity index (χ3n) is 4.34. The van der Waals surface area contributed by atoms with Crippen molar-refractivity contribution in [3.05, 3.63) is 10.6 Å². The molecule has 1 aromatic heterocycles. The summed E-state index contributed by atoms with van der Waals surface area (Å²) in [5.74, 6) is 1.20. The van der Waals surface area contributed by atoms with E-state index in [0.29, 0.717) is 17.9 Å². The van der Waals surface area contributed by atoms with Gasteiger partial charge in [0.25, 0.3) is 10.2 Å². The first-order valence-corrected chi connectivity index (χ1v) is 9.47. The monoisotopic (exact) mass is 347 g/mol. The number of aromatic amines is 1. The molecule has 22 heavy (non-hydrogen) atoms. The number of H-pyrrole nitrogens is 1. The van der Waals surface area contributed by atoms with Crippen LogP contribution in [0.5, 0.6) is 0 Å². The van der Waals surface area contributed by atoms with E-state index in [1.165, 1.54) is 4.31 Å². The molecule has 2 rings (SSSR count). The summed E-state index contributed by atoms with van der Waals surface area (Å²) >= 11 is 5.22. The van der Waals surface area contributed by atoms with Gasteiger partial charge in [0, 0.05) is 38.6 Å². The van der Waals surface area contributed by atoms with E-state index >= 15 is 0 Å². The topological polar surface area (TPSA) is 74.2 Å². The van der Waals surface area contributed by atoms with Gasteiger partial charge in [-0.25, -0.2) is 0 Å². The molecule has 1 aromatic rings. The molecule has 2 heterocycles. The smallest absolute Gasteiger partial charge is 0.281 e. The van der Waals surface area contributed by atoms with Crippen LogP contribution in [0.2, 0.25) is 0 Å². The van der Waals surface area contributed by atoms with Crippen LogP contribution in [0, 0.1) is 4.77 Å². The normalized spacial score (nSPS) is 18.5. The summed E-state index contributed by atoms with van der Waals surface area (Å²) in [6, 6.07) is -0.0425. The lowest BCUT2D eigenvalue weighted by molar-refractivity contribution is 0.279. The number of aromatic nitrogens is 3. The minimum Gasteiger partial charge on any atom is -0.304 e. The van der Waals surface area contributed by atoms with Crippen LogP contribution in [0.4, 0.5) is 0 Å². The Morgan fingerprint density at radius 1 is 1.41 bits per heavy atom. The molecule has 1 aliphatic rings. The first-order valence-electron chi connectivity index (χ1n) is 7.67. The Bertz CT molecular complexity index is 656. The largest absolute Gasteiger partial charge is 0.304 e. The maximum absolute atomic E-state index is 12.5. The third-order valence-corrected chi connectivity index (χ3v) is 6.82. The summed E-state index contributed by atoms with van der Waals surface area (Å²) in [5, 5.41) is 7.16. The second-order valence-corrected chi connectivity index (χ2v) is 8.30. The van der Waals surface area contributed by atoms with Gasteiger partial charge in [-0.1, -0.05) is 0 Å². The molecule has 0 amide bonds. The van der Waals surface area contributed by atoms with Crippen molar-refractivity contribution in [3.8, 4) is 0 Å². The minimum atomic E-state index is -3.37. The highest BCUT2D eigenvalue weighted by Crippen LogP contribution is 2.28. The number of nitrogens with one attached hydrogen (secondary N) is 1. The number of piperidine rings is 1. The summed E-state index contributed by atoms with van der Waals surface area (Å²) in [7, 11) is -1.73. The Morgan fingerprint density at radius 2 is 2.00 bits per heavy atom. The van der Waals surface area contributed by atoms with Gasteiger partial charge in [0.2, 0.25) is 0 Å². The van der Waals surface area contributed by atoms with Crippen LogP contribution < -0.4 is 0 Å². The van der Waals surface area contributed by atoms with E-state index in [1.807, 2.05) is 25.3 Å². The Balaban J connectivity index is 2.09. The average molecular weight is 348 g/mol. The molecule has 0 radical (unpaired) electrons. The van der Waals surface area contributed by atoms with Crippen LogP contribution in [-0.4, -0.2) is 58.0 Å². The van der Waals surface area contributed by atoms with Gasteiger partial charge in [0.15, 0.2) is 4.77 Å². The second-order valence-electron chi connectivity index (χ2n) is 5.92.